The van der Waals surface area contributed by atoms with Gasteiger partial charge in [0.1, 0.15) is 11.5 Å². The van der Waals surface area contributed by atoms with Gasteiger partial charge in [-0.05, 0) is 42.8 Å². The van der Waals surface area contributed by atoms with E-state index in [-0.39, 0.29) is 5.75 Å². The first-order valence-electron chi connectivity index (χ1n) is 8.39. The molecule has 0 aliphatic rings. The van der Waals surface area contributed by atoms with E-state index in [1.165, 1.54) is 0 Å². The van der Waals surface area contributed by atoms with Crippen molar-refractivity contribution >= 4 is 21.4 Å². The van der Waals surface area contributed by atoms with Crippen molar-refractivity contribution in [2.75, 3.05) is 0 Å². The minimum absolute atomic E-state index is 0.223. The second-order valence-electron chi connectivity index (χ2n) is 6.12. The molecule has 0 saturated carbocycles. The monoisotopic (exact) mass is 362 g/mol. The van der Waals surface area contributed by atoms with Gasteiger partial charge in [-0.2, -0.15) is 0 Å². The average Bonchev–Trinajstić information content (AvgIpc) is 3.00. The standard InChI is InChI=1S/C22H18O3S/c1-14(23)17-9-5-6-10-18(17)22-21(25-16-7-3-2-4-8-16)19-12-11-15(24)13-20(19)26-22/h2-14,23-24H,1H3. The number of phenols is 1. The third-order valence-corrected chi connectivity index (χ3v) is 5.41. The summed E-state index contributed by atoms with van der Waals surface area (Å²) in [6.45, 7) is 1.76. The van der Waals surface area contributed by atoms with E-state index >= 15 is 0 Å². The highest BCUT2D eigenvalue weighted by Crippen LogP contribution is 2.48. The van der Waals surface area contributed by atoms with E-state index in [4.69, 9.17) is 4.74 Å². The Hall–Kier alpha value is -2.82. The quantitative estimate of drug-likeness (QED) is 0.460. The van der Waals surface area contributed by atoms with Crippen LogP contribution in [0.3, 0.4) is 0 Å². The number of hydrogen-bond acceptors (Lipinski definition) is 4. The molecule has 1 heterocycles. The predicted octanol–water partition coefficient (Wildman–Crippen LogP) is 6.12. The molecule has 3 nitrogen and oxygen atoms in total. The number of aliphatic hydroxyl groups excluding tert-OH is 1. The first-order chi connectivity index (χ1) is 12.6. The normalized spacial score (nSPS) is 12.2. The van der Waals surface area contributed by atoms with E-state index in [0.29, 0.717) is 0 Å². The molecule has 0 amide bonds. The Bertz CT molecular complexity index is 1050. The van der Waals surface area contributed by atoms with Gasteiger partial charge in [-0.1, -0.05) is 42.5 Å². The Balaban J connectivity index is 1.95. The van der Waals surface area contributed by atoms with Crippen LogP contribution in [0, 0.1) is 0 Å². The van der Waals surface area contributed by atoms with Crippen molar-refractivity contribution in [3.05, 3.63) is 78.4 Å². The number of benzene rings is 3. The summed E-state index contributed by atoms with van der Waals surface area (Å²) < 4.78 is 7.18. The summed E-state index contributed by atoms with van der Waals surface area (Å²) in [5.41, 5.74) is 1.79. The third-order valence-electron chi connectivity index (χ3n) is 4.25. The van der Waals surface area contributed by atoms with Crippen LogP contribution in [-0.2, 0) is 0 Å². The minimum atomic E-state index is -0.589. The van der Waals surface area contributed by atoms with Crippen LogP contribution in [0.15, 0.2) is 72.8 Å². The number of ether oxygens (including phenoxy) is 1. The molecule has 2 N–H and O–H groups in total. The van der Waals surface area contributed by atoms with Gasteiger partial charge < -0.3 is 14.9 Å². The van der Waals surface area contributed by atoms with Gasteiger partial charge in [0.2, 0.25) is 0 Å². The largest absolute Gasteiger partial charge is 0.508 e. The van der Waals surface area contributed by atoms with Crippen LogP contribution < -0.4 is 4.74 Å². The molecule has 4 aromatic rings. The molecule has 1 aromatic heterocycles. The van der Waals surface area contributed by atoms with E-state index in [2.05, 4.69) is 0 Å². The fourth-order valence-electron chi connectivity index (χ4n) is 3.01. The predicted molar refractivity (Wildman–Crippen MR) is 106 cm³/mol. The van der Waals surface area contributed by atoms with Crippen molar-refractivity contribution in [3.8, 4) is 27.7 Å². The number of thiophene rings is 1. The molecule has 1 atom stereocenters. The average molecular weight is 362 g/mol. The summed E-state index contributed by atoms with van der Waals surface area (Å²) in [6.07, 6.45) is -0.589. The van der Waals surface area contributed by atoms with Crippen LogP contribution in [0.4, 0.5) is 0 Å². The summed E-state index contributed by atoms with van der Waals surface area (Å²) in [7, 11) is 0. The molecule has 0 aliphatic carbocycles. The Kier molecular flexibility index (Phi) is 4.37. The summed E-state index contributed by atoms with van der Waals surface area (Å²) in [5.74, 6) is 1.71. The van der Waals surface area contributed by atoms with Gasteiger partial charge in [-0.15, -0.1) is 11.3 Å². The van der Waals surface area contributed by atoms with Gasteiger partial charge in [0.15, 0.2) is 5.75 Å². The Morgan fingerprint density at radius 1 is 0.923 bits per heavy atom. The summed E-state index contributed by atoms with van der Waals surface area (Å²) in [5, 5.41) is 21.0. The van der Waals surface area contributed by atoms with Crippen molar-refractivity contribution in [1.82, 2.24) is 0 Å². The van der Waals surface area contributed by atoms with Gasteiger partial charge in [-0.25, -0.2) is 0 Å². The SMILES string of the molecule is CC(O)c1ccccc1-c1sc2cc(O)ccc2c1Oc1ccccc1. The maximum absolute atomic E-state index is 10.2. The van der Waals surface area contributed by atoms with E-state index in [1.807, 2.05) is 60.7 Å². The molecule has 4 rings (SSSR count). The lowest BCUT2D eigenvalue weighted by atomic mass is 10.0. The smallest absolute Gasteiger partial charge is 0.153 e. The summed E-state index contributed by atoms with van der Waals surface area (Å²) >= 11 is 1.55. The second-order valence-corrected chi connectivity index (χ2v) is 7.17. The number of phenolic OH excluding ortho intramolecular Hbond substituents is 1. The number of rotatable bonds is 4. The fraction of sp³-hybridized carbons (Fsp3) is 0.0909. The topological polar surface area (TPSA) is 49.7 Å². The highest BCUT2D eigenvalue weighted by molar-refractivity contribution is 7.22. The molecule has 1 unspecified atom stereocenters. The third kappa shape index (κ3) is 3.05. The molecule has 0 aliphatic heterocycles. The first-order valence-corrected chi connectivity index (χ1v) is 9.21. The van der Waals surface area contributed by atoms with Crippen LogP contribution in [0.1, 0.15) is 18.6 Å². The van der Waals surface area contributed by atoms with Gasteiger partial charge in [0.25, 0.3) is 0 Å². The first kappa shape index (κ1) is 16.6. The fourth-order valence-corrected chi connectivity index (χ4v) is 4.23. The molecule has 26 heavy (non-hydrogen) atoms. The van der Waals surface area contributed by atoms with Gasteiger partial charge in [0, 0.05) is 15.6 Å². The van der Waals surface area contributed by atoms with Crippen LogP contribution >= 0.6 is 11.3 Å². The number of aliphatic hydroxyl groups is 1. The summed E-state index contributed by atoms with van der Waals surface area (Å²) in [6, 6.07) is 22.7. The van der Waals surface area contributed by atoms with E-state index in [9.17, 15) is 10.2 Å². The summed E-state index contributed by atoms with van der Waals surface area (Å²) in [4.78, 5) is 0.936. The Morgan fingerprint density at radius 2 is 1.65 bits per heavy atom. The molecule has 3 aromatic carbocycles. The van der Waals surface area contributed by atoms with Gasteiger partial charge in [0.05, 0.1) is 11.0 Å². The van der Waals surface area contributed by atoms with Gasteiger partial charge in [-0.3, -0.25) is 0 Å². The lowest BCUT2D eigenvalue weighted by Crippen LogP contribution is -1.94. The van der Waals surface area contributed by atoms with Crippen molar-refractivity contribution in [2.24, 2.45) is 0 Å². The molecule has 0 spiro atoms. The highest BCUT2D eigenvalue weighted by atomic mass is 32.1. The molecule has 4 heteroatoms. The number of aromatic hydroxyl groups is 1. The lowest BCUT2D eigenvalue weighted by Gasteiger charge is -2.13. The van der Waals surface area contributed by atoms with Gasteiger partial charge >= 0.3 is 0 Å². The van der Waals surface area contributed by atoms with E-state index in [0.717, 1.165) is 37.6 Å². The zero-order chi connectivity index (χ0) is 18.1. The molecule has 0 saturated heterocycles. The lowest BCUT2D eigenvalue weighted by molar-refractivity contribution is 0.200. The molecular weight excluding hydrogens is 344 g/mol. The van der Waals surface area contributed by atoms with Crippen LogP contribution in [0.25, 0.3) is 20.5 Å². The van der Waals surface area contributed by atoms with Crippen LogP contribution in [-0.4, -0.2) is 10.2 Å². The molecular formula is C22H18O3S. The number of para-hydroxylation sites is 1. The van der Waals surface area contributed by atoms with Crippen LogP contribution in [0.5, 0.6) is 17.2 Å². The maximum Gasteiger partial charge on any atom is 0.153 e. The Morgan fingerprint density at radius 3 is 2.42 bits per heavy atom. The van der Waals surface area contributed by atoms with Crippen molar-refractivity contribution in [3.63, 3.8) is 0 Å². The zero-order valence-electron chi connectivity index (χ0n) is 14.2. The van der Waals surface area contributed by atoms with Crippen molar-refractivity contribution in [2.45, 2.75) is 13.0 Å². The maximum atomic E-state index is 10.2. The number of hydrogen-bond donors (Lipinski definition) is 2. The second kappa shape index (κ2) is 6.83. The van der Waals surface area contributed by atoms with Crippen LogP contribution in [0.2, 0.25) is 0 Å². The minimum Gasteiger partial charge on any atom is -0.508 e. The number of fused-ring (bicyclic) bond motifs is 1. The van der Waals surface area contributed by atoms with Crippen molar-refractivity contribution in [1.29, 1.82) is 0 Å². The molecule has 0 fully saturated rings. The Labute approximate surface area is 155 Å². The van der Waals surface area contributed by atoms with E-state index in [1.54, 1.807) is 30.4 Å². The van der Waals surface area contributed by atoms with Crippen molar-refractivity contribution < 1.29 is 14.9 Å². The highest BCUT2D eigenvalue weighted by Gasteiger charge is 2.20. The zero-order valence-corrected chi connectivity index (χ0v) is 15.0. The molecule has 0 bridgehead atoms. The van der Waals surface area contributed by atoms with E-state index < -0.39 is 6.10 Å². The molecule has 130 valence electrons. The molecule has 0 radical (unpaired) electrons.